The van der Waals surface area contributed by atoms with E-state index in [2.05, 4.69) is 21.6 Å². The molecule has 0 aliphatic heterocycles. The largest absolute Gasteiger partial charge is 0.383 e. The van der Waals surface area contributed by atoms with E-state index >= 15 is 0 Å². The van der Waals surface area contributed by atoms with Crippen LogP contribution in [0, 0.1) is 5.92 Å². The Hall–Kier alpha value is -1.64. The molecule has 0 amide bonds. The highest BCUT2D eigenvalue weighted by Crippen LogP contribution is 2.27. The van der Waals surface area contributed by atoms with Crippen LogP contribution in [0.3, 0.4) is 0 Å². The Morgan fingerprint density at radius 1 is 1.17 bits per heavy atom. The van der Waals surface area contributed by atoms with Gasteiger partial charge in [-0.15, -0.1) is 0 Å². The van der Waals surface area contributed by atoms with Gasteiger partial charge in [0.25, 0.3) is 0 Å². The first kappa shape index (κ1) is 11.5. The van der Waals surface area contributed by atoms with Crippen LogP contribution in [0.15, 0.2) is 30.5 Å². The molecule has 3 rings (SSSR count). The molecule has 0 atom stereocenters. The van der Waals surface area contributed by atoms with Crippen molar-refractivity contribution in [1.82, 2.24) is 10.2 Å². The van der Waals surface area contributed by atoms with Crippen LogP contribution in [0.2, 0.25) is 0 Å². The van der Waals surface area contributed by atoms with Gasteiger partial charge in [-0.2, -0.15) is 10.2 Å². The van der Waals surface area contributed by atoms with Crippen molar-refractivity contribution in [3.05, 3.63) is 30.5 Å². The lowest BCUT2D eigenvalue weighted by Crippen LogP contribution is -2.07. The minimum atomic E-state index is 0.929. The summed E-state index contributed by atoms with van der Waals surface area (Å²) in [5, 5.41) is 12.9. The van der Waals surface area contributed by atoms with Crippen molar-refractivity contribution in [2.24, 2.45) is 5.92 Å². The lowest BCUT2D eigenvalue weighted by Gasteiger charge is -2.11. The average Bonchev–Trinajstić information content (AvgIpc) is 2.92. The minimum Gasteiger partial charge on any atom is -0.383 e. The number of anilines is 1. The monoisotopic (exact) mass is 241 g/mol. The molecule has 18 heavy (non-hydrogen) atoms. The molecule has 0 spiro atoms. The van der Waals surface area contributed by atoms with Gasteiger partial charge in [0.05, 0.1) is 17.4 Å². The Bertz CT molecular complexity index is 513. The molecule has 1 saturated carbocycles. The molecule has 1 aromatic heterocycles. The third-order valence-electron chi connectivity index (χ3n) is 3.89. The molecule has 1 heterocycles. The summed E-state index contributed by atoms with van der Waals surface area (Å²) in [6, 6.07) is 8.15. The Morgan fingerprint density at radius 2 is 2.00 bits per heavy atom. The highest BCUT2D eigenvalue weighted by atomic mass is 15.1. The van der Waals surface area contributed by atoms with Gasteiger partial charge in [-0.3, -0.25) is 0 Å². The van der Waals surface area contributed by atoms with E-state index in [9.17, 15) is 0 Å². The summed E-state index contributed by atoms with van der Waals surface area (Å²) >= 11 is 0. The van der Waals surface area contributed by atoms with Crippen molar-refractivity contribution in [3.8, 4) is 0 Å². The maximum absolute atomic E-state index is 4.14. The van der Waals surface area contributed by atoms with Crippen LogP contribution < -0.4 is 5.32 Å². The second-order valence-electron chi connectivity index (χ2n) is 5.14. The van der Waals surface area contributed by atoms with Crippen LogP contribution in [-0.4, -0.2) is 16.7 Å². The Kier molecular flexibility index (Phi) is 3.40. The molecule has 94 valence electrons. The van der Waals surface area contributed by atoms with Crippen molar-refractivity contribution in [2.45, 2.75) is 32.1 Å². The second kappa shape index (κ2) is 5.34. The third kappa shape index (κ3) is 2.45. The number of nitrogens with one attached hydrogen (secondary N) is 1. The van der Waals surface area contributed by atoms with Gasteiger partial charge in [-0.05, 0) is 18.4 Å². The van der Waals surface area contributed by atoms with Gasteiger partial charge in [0, 0.05) is 11.9 Å². The van der Waals surface area contributed by atoms with Gasteiger partial charge >= 0.3 is 0 Å². The number of hydrogen-bond donors (Lipinski definition) is 1. The van der Waals surface area contributed by atoms with Crippen LogP contribution in [-0.2, 0) is 0 Å². The molecule has 1 aromatic carbocycles. The smallest absolute Gasteiger partial charge is 0.0950 e. The molecule has 3 nitrogen and oxygen atoms in total. The predicted octanol–water partition coefficient (Wildman–Crippen LogP) is 3.62. The van der Waals surface area contributed by atoms with Crippen molar-refractivity contribution >= 4 is 16.6 Å². The fourth-order valence-corrected chi connectivity index (χ4v) is 2.86. The van der Waals surface area contributed by atoms with E-state index < -0.39 is 0 Å². The summed E-state index contributed by atoms with van der Waals surface area (Å²) in [4.78, 5) is 0. The Balaban J connectivity index is 1.66. The van der Waals surface area contributed by atoms with E-state index in [1.807, 2.05) is 24.4 Å². The minimum absolute atomic E-state index is 0.929. The number of fused-ring (bicyclic) bond motifs is 1. The molecule has 1 aliphatic rings. The standard InChI is InChI=1S/C15H19N3/c1-2-6-12(5-1)9-10-16-15-11-17-18-14-8-4-3-7-13(14)15/h3-4,7-8,11-12H,1-2,5-6,9-10H2,(H,16,18). The first-order valence-corrected chi connectivity index (χ1v) is 6.88. The molecule has 0 unspecified atom stereocenters. The fourth-order valence-electron chi connectivity index (χ4n) is 2.86. The Morgan fingerprint density at radius 3 is 2.89 bits per heavy atom. The quantitative estimate of drug-likeness (QED) is 0.888. The van der Waals surface area contributed by atoms with Gasteiger partial charge in [-0.25, -0.2) is 0 Å². The van der Waals surface area contributed by atoms with E-state index in [0.29, 0.717) is 0 Å². The molecular formula is C15H19N3. The van der Waals surface area contributed by atoms with E-state index in [0.717, 1.165) is 23.7 Å². The topological polar surface area (TPSA) is 37.8 Å². The summed E-state index contributed by atoms with van der Waals surface area (Å²) in [6.45, 7) is 1.04. The van der Waals surface area contributed by atoms with Crippen LogP contribution in [0.1, 0.15) is 32.1 Å². The van der Waals surface area contributed by atoms with Gasteiger partial charge < -0.3 is 5.32 Å². The summed E-state index contributed by atoms with van der Waals surface area (Å²) in [6.07, 6.45) is 8.77. The Labute approximate surface area is 108 Å². The number of hydrogen-bond acceptors (Lipinski definition) is 3. The highest BCUT2D eigenvalue weighted by molar-refractivity contribution is 5.90. The molecule has 0 bridgehead atoms. The second-order valence-corrected chi connectivity index (χ2v) is 5.14. The van der Waals surface area contributed by atoms with Crippen LogP contribution in [0.4, 0.5) is 5.69 Å². The molecule has 1 N–H and O–H groups in total. The maximum atomic E-state index is 4.14. The van der Waals surface area contributed by atoms with Crippen molar-refractivity contribution in [3.63, 3.8) is 0 Å². The SMILES string of the molecule is c1ccc2c(NCCC3CCCC3)cnnc2c1. The summed E-state index contributed by atoms with van der Waals surface area (Å²) in [5.74, 6) is 0.929. The van der Waals surface area contributed by atoms with Crippen molar-refractivity contribution in [1.29, 1.82) is 0 Å². The molecule has 1 fully saturated rings. The molecule has 0 radical (unpaired) electrons. The molecular weight excluding hydrogens is 222 g/mol. The third-order valence-corrected chi connectivity index (χ3v) is 3.89. The van der Waals surface area contributed by atoms with Gasteiger partial charge in [0.2, 0.25) is 0 Å². The van der Waals surface area contributed by atoms with E-state index in [1.165, 1.54) is 37.5 Å². The van der Waals surface area contributed by atoms with Crippen LogP contribution in [0.5, 0.6) is 0 Å². The number of benzene rings is 1. The van der Waals surface area contributed by atoms with E-state index in [4.69, 9.17) is 0 Å². The van der Waals surface area contributed by atoms with Gasteiger partial charge in [0.1, 0.15) is 0 Å². The number of aromatic nitrogens is 2. The summed E-state index contributed by atoms with van der Waals surface area (Å²) in [5.41, 5.74) is 2.07. The lowest BCUT2D eigenvalue weighted by atomic mass is 10.0. The number of nitrogens with zero attached hydrogens (tertiary/aromatic N) is 2. The first-order valence-electron chi connectivity index (χ1n) is 6.88. The molecule has 1 aliphatic carbocycles. The van der Waals surface area contributed by atoms with Gasteiger partial charge in [0.15, 0.2) is 0 Å². The normalized spacial score (nSPS) is 16.2. The van der Waals surface area contributed by atoms with E-state index in [1.54, 1.807) is 0 Å². The average molecular weight is 241 g/mol. The van der Waals surface area contributed by atoms with Crippen LogP contribution >= 0.6 is 0 Å². The number of rotatable bonds is 4. The van der Waals surface area contributed by atoms with Gasteiger partial charge in [-0.1, -0.05) is 43.9 Å². The van der Waals surface area contributed by atoms with Crippen molar-refractivity contribution < 1.29 is 0 Å². The zero-order chi connectivity index (χ0) is 12.2. The zero-order valence-corrected chi connectivity index (χ0v) is 10.6. The lowest BCUT2D eigenvalue weighted by molar-refractivity contribution is 0.519. The summed E-state index contributed by atoms with van der Waals surface area (Å²) < 4.78 is 0. The highest BCUT2D eigenvalue weighted by Gasteiger charge is 2.14. The van der Waals surface area contributed by atoms with Crippen LogP contribution in [0.25, 0.3) is 10.9 Å². The molecule has 2 aromatic rings. The fraction of sp³-hybridized carbons (Fsp3) is 0.467. The first-order chi connectivity index (χ1) is 8.93. The van der Waals surface area contributed by atoms with E-state index in [-0.39, 0.29) is 0 Å². The maximum Gasteiger partial charge on any atom is 0.0950 e. The molecule has 3 heteroatoms. The van der Waals surface area contributed by atoms with Crippen molar-refractivity contribution in [2.75, 3.05) is 11.9 Å². The molecule has 0 saturated heterocycles. The summed E-state index contributed by atoms with van der Waals surface area (Å²) in [7, 11) is 0. The zero-order valence-electron chi connectivity index (χ0n) is 10.6. The predicted molar refractivity (Wildman–Crippen MR) is 74.6 cm³/mol.